The highest BCUT2D eigenvalue weighted by Gasteiger charge is 2.49. The van der Waals surface area contributed by atoms with Crippen LogP contribution in [0, 0.1) is 35.5 Å². The molecule has 0 bridgehead atoms. The van der Waals surface area contributed by atoms with E-state index < -0.39 is 0 Å². The van der Waals surface area contributed by atoms with Crippen LogP contribution in [0.25, 0.3) is 0 Å². The molecule has 2 rings (SSSR count). The summed E-state index contributed by atoms with van der Waals surface area (Å²) in [7, 11) is 3.61. The number of hydrogen-bond donors (Lipinski definition) is 0. The quantitative estimate of drug-likeness (QED) is 0.563. The van der Waals surface area contributed by atoms with Gasteiger partial charge in [0.1, 0.15) is 0 Å². The van der Waals surface area contributed by atoms with Gasteiger partial charge in [0.15, 0.2) is 0 Å². The molecule has 0 nitrogen and oxygen atoms in total. The van der Waals surface area contributed by atoms with Crippen molar-refractivity contribution in [2.24, 2.45) is 35.5 Å². The van der Waals surface area contributed by atoms with E-state index in [2.05, 4.69) is 35.4 Å². The van der Waals surface area contributed by atoms with Gasteiger partial charge in [-0.3, -0.25) is 0 Å². The van der Waals surface area contributed by atoms with E-state index >= 15 is 0 Å². The summed E-state index contributed by atoms with van der Waals surface area (Å²) in [5.41, 5.74) is 0. The summed E-state index contributed by atoms with van der Waals surface area (Å²) in [6.07, 6.45) is 2.86. The van der Waals surface area contributed by atoms with Crippen molar-refractivity contribution in [3.8, 4) is 0 Å². The van der Waals surface area contributed by atoms with Crippen LogP contribution in [0.2, 0.25) is 0 Å². The molecule has 6 unspecified atom stereocenters. The Balaban J connectivity index is 2.23. The highest BCUT2D eigenvalue weighted by atomic mass is 31.0. The maximum atomic E-state index is 3.61. The van der Waals surface area contributed by atoms with Gasteiger partial charge in [-0.2, -0.15) is 0 Å². The van der Waals surface area contributed by atoms with Crippen LogP contribution < -0.4 is 0 Å². The van der Waals surface area contributed by atoms with Crippen LogP contribution in [-0.4, -0.2) is 5.80 Å². The van der Waals surface area contributed by atoms with Crippen molar-refractivity contribution in [3.05, 3.63) is 0 Å². The SMILES string of the molecule is CC1CC(C)C2C(C=P)CC(C)C12. The summed E-state index contributed by atoms with van der Waals surface area (Å²) in [5.74, 6) is 7.96. The fourth-order valence-corrected chi connectivity index (χ4v) is 4.59. The van der Waals surface area contributed by atoms with Crippen LogP contribution in [0.3, 0.4) is 0 Å². The molecule has 13 heavy (non-hydrogen) atoms. The molecule has 6 atom stereocenters. The Kier molecular flexibility index (Phi) is 2.53. The molecule has 1 heteroatoms. The summed E-state index contributed by atoms with van der Waals surface area (Å²) in [5, 5.41) is 0. The van der Waals surface area contributed by atoms with Crippen molar-refractivity contribution in [2.75, 3.05) is 0 Å². The number of rotatable bonds is 1. The average molecular weight is 196 g/mol. The lowest BCUT2D eigenvalue weighted by atomic mass is 9.84. The molecule has 0 aromatic rings. The van der Waals surface area contributed by atoms with Crippen LogP contribution in [-0.2, 0) is 0 Å². The minimum absolute atomic E-state index is 0.844. The average Bonchev–Trinajstić information content (AvgIpc) is 2.54. The van der Waals surface area contributed by atoms with Crippen LogP contribution >= 0.6 is 8.86 Å². The molecule has 0 heterocycles. The van der Waals surface area contributed by atoms with Gasteiger partial charge in [-0.15, -0.1) is 8.86 Å². The molecule has 2 saturated carbocycles. The van der Waals surface area contributed by atoms with E-state index in [1.165, 1.54) is 12.8 Å². The largest absolute Gasteiger partial charge is 0.126 e. The van der Waals surface area contributed by atoms with Gasteiger partial charge in [0.05, 0.1) is 0 Å². The third-order valence-electron chi connectivity index (χ3n) is 4.51. The fraction of sp³-hybridized carbons (Fsp3) is 0.917. The molecule has 0 aromatic heterocycles. The van der Waals surface area contributed by atoms with Gasteiger partial charge in [-0.25, -0.2) is 0 Å². The molecule has 0 N–H and O–H groups in total. The van der Waals surface area contributed by atoms with Gasteiger partial charge < -0.3 is 0 Å². The lowest BCUT2D eigenvalue weighted by Crippen LogP contribution is -2.18. The van der Waals surface area contributed by atoms with Crippen molar-refractivity contribution in [1.82, 2.24) is 0 Å². The second-order valence-electron chi connectivity index (χ2n) is 5.39. The highest BCUT2D eigenvalue weighted by Crippen LogP contribution is 2.55. The summed E-state index contributed by atoms with van der Waals surface area (Å²) in [4.78, 5) is 0. The molecular formula is C12H21P. The van der Waals surface area contributed by atoms with Crippen molar-refractivity contribution in [1.29, 1.82) is 0 Å². The van der Waals surface area contributed by atoms with Crippen molar-refractivity contribution in [2.45, 2.75) is 33.6 Å². The Morgan fingerprint density at radius 1 is 0.923 bits per heavy atom. The fourth-order valence-electron chi connectivity index (χ4n) is 4.23. The number of hydrogen-bond acceptors (Lipinski definition) is 0. The van der Waals surface area contributed by atoms with Crippen molar-refractivity contribution in [3.63, 3.8) is 0 Å². The van der Waals surface area contributed by atoms with Gasteiger partial charge in [-0.1, -0.05) is 26.6 Å². The van der Waals surface area contributed by atoms with Crippen LogP contribution in [0.5, 0.6) is 0 Å². The molecule has 0 spiro atoms. The minimum Gasteiger partial charge on any atom is -0.126 e. The summed E-state index contributed by atoms with van der Waals surface area (Å²) in [6, 6.07) is 0. The standard InChI is InChI=1S/C12H21P/c1-7-4-8(2)12-10(6-13)5-9(3)11(7)12/h6-13H,4-5H2,1-3H3. The summed E-state index contributed by atoms with van der Waals surface area (Å²) in [6.45, 7) is 7.34. The zero-order valence-electron chi connectivity index (χ0n) is 8.96. The molecule has 0 aliphatic heterocycles. The molecule has 2 fully saturated rings. The van der Waals surface area contributed by atoms with E-state index in [9.17, 15) is 0 Å². The molecule has 74 valence electrons. The van der Waals surface area contributed by atoms with E-state index in [0.29, 0.717) is 0 Å². The van der Waals surface area contributed by atoms with Gasteiger partial charge in [-0.05, 0) is 48.3 Å². The first kappa shape index (κ1) is 9.71. The van der Waals surface area contributed by atoms with Gasteiger partial charge in [0.25, 0.3) is 0 Å². The Morgan fingerprint density at radius 2 is 1.46 bits per heavy atom. The first-order valence-corrected chi connectivity index (χ1v) is 6.23. The highest BCUT2D eigenvalue weighted by molar-refractivity contribution is 7.18. The zero-order valence-corrected chi connectivity index (χ0v) is 9.96. The molecule has 2 aliphatic rings. The first-order valence-electron chi connectivity index (χ1n) is 5.65. The van der Waals surface area contributed by atoms with Crippen LogP contribution in [0.4, 0.5) is 0 Å². The molecule has 0 radical (unpaired) electrons. The summed E-state index contributed by atoms with van der Waals surface area (Å²) < 4.78 is 0. The van der Waals surface area contributed by atoms with Crippen LogP contribution in [0.15, 0.2) is 0 Å². The minimum atomic E-state index is 0.844. The van der Waals surface area contributed by atoms with E-state index in [1.54, 1.807) is 0 Å². The van der Waals surface area contributed by atoms with Crippen molar-refractivity contribution < 1.29 is 0 Å². The Bertz CT molecular complexity index is 211. The molecule has 2 aliphatic carbocycles. The predicted octanol–water partition coefficient (Wildman–Crippen LogP) is 3.50. The predicted molar refractivity (Wildman–Crippen MR) is 61.6 cm³/mol. The maximum absolute atomic E-state index is 3.61. The van der Waals surface area contributed by atoms with E-state index in [-0.39, 0.29) is 0 Å². The molecule has 0 aromatic carbocycles. The second kappa shape index (κ2) is 3.39. The van der Waals surface area contributed by atoms with E-state index in [0.717, 1.165) is 35.5 Å². The van der Waals surface area contributed by atoms with E-state index in [1.807, 2.05) is 0 Å². The third-order valence-corrected chi connectivity index (χ3v) is 4.94. The monoisotopic (exact) mass is 196 g/mol. The van der Waals surface area contributed by atoms with Gasteiger partial charge in [0, 0.05) is 0 Å². The third kappa shape index (κ3) is 1.38. The molecule has 0 saturated heterocycles. The lowest BCUT2D eigenvalue weighted by Gasteiger charge is -2.21. The lowest BCUT2D eigenvalue weighted by molar-refractivity contribution is 0.284. The molecule has 0 amide bonds. The second-order valence-corrected chi connectivity index (χ2v) is 5.72. The zero-order chi connectivity index (χ0) is 9.59. The topological polar surface area (TPSA) is 0 Å². The normalized spacial score (nSPS) is 55.0. The number of fused-ring (bicyclic) bond motifs is 1. The van der Waals surface area contributed by atoms with Gasteiger partial charge >= 0.3 is 0 Å². The first-order chi connectivity index (χ1) is 6.15. The Labute approximate surface area is 84.3 Å². The van der Waals surface area contributed by atoms with Crippen molar-refractivity contribution >= 4 is 14.7 Å². The Morgan fingerprint density at radius 3 is 2.08 bits per heavy atom. The molecular weight excluding hydrogens is 175 g/mol. The summed E-state index contributed by atoms with van der Waals surface area (Å²) >= 11 is 0. The van der Waals surface area contributed by atoms with Gasteiger partial charge in [0.2, 0.25) is 0 Å². The van der Waals surface area contributed by atoms with E-state index in [4.69, 9.17) is 0 Å². The van der Waals surface area contributed by atoms with Crippen LogP contribution in [0.1, 0.15) is 33.6 Å². The smallest absolute Gasteiger partial charge is 0.0156 e. The Hall–Kier alpha value is 0.170. The maximum Gasteiger partial charge on any atom is -0.0156 e.